The lowest BCUT2D eigenvalue weighted by atomic mass is 9.93. The first-order chi connectivity index (χ1) is 10.4. The van der Waals surface area contributed by atoms with Gasteiger partial charge in [-0.05, 0) is 56.9 Å². The number of hydrogen-bond acceptors (Lipinski definition) is 3. The molecule has 1 N–H and O–H groups in total. The zero-order valence-electron chi connectivity index (χ0n) is 14.1. The van der Waals surface area contributed by atoms with Crippen molar-refractivity contribution in [3.8, 4) is 17.0 Å². The Hall–Kier alpha value is -1.87. The number of pyridine rings is 1. The van der Waals surface area contributed by atoms with E-state index in [1.165, 1.54) is 22.3 Å². The van der Waals surface area contributed by atoms with Gasteiger partial charge in [0.05, 0.1) is 12.7 Å². The fraction of sp³-hybridized carbons (Fsp3) is 0.421. The quantitative estimate of drug-likeness (QED) is 0.902. The fourth-order valence-electron chi connectivity index (χ4n) is 2.63. The van der Waals surface area contributed by atoms with Crippen molar-refractivity contribution in [2.24, 2.45) is 0 Å². The first kappa shape index (κ1) is 16.5. The number of benzene rings is 1. The molecule has 118 valence electrons. The Kier molecular flexibility index (Phi) is 5.19. The summed E-state index contributed by atoms with van der Waals surface area (Å²) in [6, 6.07) is 8.34. The number of aromatic nitrogens is 1. The van der Waals surface area contributed by atoms with E-state index in [-0.39, 0.29) is 6.10 Å². The SMILES string of the molecule is Cc1cccc(-c2c(C)cc(OCC[C@H](C)O)nc2C)c1C. The molecule has 0 saturated carbocycles. The van der Waals surface area contributed by atoms with Crippen molar-refractivity contribution in [3.05, 3.63) is 46.6 Å². The van der Waals surface area contributed by atoms with E-state index in [2.05, 4.69) is 44.0 Å². The molecule has 1 atom stereocenters. The Balaban J connectivity index is 2.33. The van der Waals surface area contributed by atoms with E-state index in [9.17, 15) is 5.11 Å². The second kappa shape index (κ2) is 6.93. The highest BCUT2D eigenvalue weighted by molar-refractivity contribution is 5.73. The predicted octanol–water partition coefficient (Wildman–Crippen LogP) is 4.13. The highest BCUT2D eigenvalue weighted by Crippen LogP contribution is 2.32. The van der Waals surface area contributed by atoms with Crippen molar-refractivity contribution < 1.29 is 9.84 Å². The van der Waals surface area contributed by atoms with Gasteiger partial charge in [0.2, 0.25) is 5.88 Å². The lowest BCUT2D eigenvalue weighted by molar-refractivity contribution is 0.154. The molecule has 0 unspecified atom stereocenters. The molecule has 3 nitrogen and oxygen atoms in total. The molecule has 0 fully saturated rings. The summed E-state index contributed by atoms with van der Waals surface area (Å²) in [7, 11) is 0. The van der Waals surface area contributed by atoms with Crippen LogP contribution in [-0.2, 0) is 0 Å². The van der Waals surface area contributed by atoms with Crippen molar-refractivity contribution >= 4 is 0 Å². The van der Waals surface area contributed by atoms with Crippen LogP contribution in [0, 0.1) is 27.7 Å². The maximum atomic E-state index is 9.29. The van der Waals surface area contributed by atoms with Crippen LogP contribution >= 0.6 is 0 Å². The highest BCUT2D eigenvalue weighted by atomic mass is 16.5. The molecule has 0 saturated heterocycles. The second-order valence-corrected chi connectivity index (χ2v) is 5.97. The normalized spacial score (nSPS) is 12.3. The van der Waals surface area contributed by atoms with Crippen molar-refractivity contribution in [1.29, 1.82) is 0 Å². The molecular weight excluding hydrogens is 274 g/mol. The Labute approximate surface area is 133 Å². The van der Waals surface area contributed by atoms with Gasteiger partial charge in [-0.1, -0.05) is 18.2 Å². The topological polar surface area (TPSA) is 42.4 Å². The Morgan fingerprint density at radius 2 is 1.86 bits per heavy atom. The zero-order chi connectivity index (χ0) is 16.3. The van der Waals surface area contributed by atoms with E-state index in [1.807, 2.05) is 13.0 Å². The van der Waals surface area contributed by atoms with Gasteiger partial charge in [-0.15, -0.1) is 0 Å². The molecule has 0 aliphatic heterocycles. The van der Waals surface area contributed by atoms with Gasteiger partial charge >= 0.3 is 0 Å². The maximum absolute atomic E-state index is 9.29. The smallest absolute Gasteiger partial charge is 0.213 e. The number of aliphatic hydroxyl groups is 1. The maximum Gasteiger partial charge on any atom is 0.213 e. The molecule has 3 heteroatoms. The third-order valence-corrected chi connectivity index (χ3v) is 4.03. The molecule has 1 aromatic heterocycles. The summed E-state index contributed by atoms with van der Waals surface area (Å²) in [5.74, 6) is 0.629. The minimum Gasteiger partial charge on any atom is -0.478 e. The van der Waals surface area contributed by atoms with Gasteiger partial charge in [-0.25, -0.2) is 4.98 Å². The van der Waals surface area contributed by atoms with Crippen LogP contribution in [-0.4, -0.2) is 22.8 Å². The Bertz CT molecular complexity index is 639. The van der Waals surface area contributed by atoms with Crippen LogP contribution in [0.1, 0.15) is 35.7 Å². The van der Waals surface area contributed by atoms with Crippen LogP contribution in [0.2, 0.25) is 0 Å². The molecule has 1 aromatic carbocycles. The lowest BCUT2D eigenvalue weighted by Crippen LogP contribution is -2.09. The third kappa shape index (κ3) is 3.66. The van der Waals surface area contributed by atoms with Crippen LogP contribution in [0.5, 0.6) is 5.88 Å². The third-order valence-electron chi connectivity index (χ3n) is 4.03. The summed E-state index contributed by atoms with van der Waals surface area (Å²) in [6.45, 7) is 10.6. The Morgan fingerprint density at radius 1 is 1.14 bits per heavy atom. The molecule has 0 radical (unpaired) electrons. The molecule has 0 spiro atoms. The summed E-state index contributed by atoms with van der Waals surface area (Å²) in [5.41, 5.74) is 7.13. The fourth-order valence-corrected chi connectivity index (χ4v) is 2.63. The summed E-state index contributed by atoms with van der Waals surface area (Å²) in [6.07, 6.45) is 0.259. The molecule has 1 heterocycles. The first-order valence-corrected chi connectivity index (χ1v) is 7.76. The van der Waals surface area contributed by atoms with E-state index in [0.29, 0.717) is 18.9 Å². The van der Waals surface area contributed by atoms with Gasteiger partial charge in [-0.2, -0.15) is 0 Å². The highest BCUT2D eigenvalue weighted by Gasteiger charge is 2.12. The van der Waals surface area contributed by atoms with Gasteiger partial charge in [0.1, 0.15) is 0 Å². The molecule has 22 heavy (non-hydrogen) atoms. The van der Waals surface area contributed by atoms with Gasteiger partial charge in [0.15, 0.2) is 0 Å². The summed E-state index contributed by atoms with van der Waals surface area (Å²) in [4.78, 5) is 4.57. The minimum absolute atomic E-state index is 0.351. The van der Waals surface area contributed by atoms with Gasteiger partial charge < -0.3 is 9.84 Å². The zero-order valence-corrected chi connectivity index (χ0v) is 14.1. The van der Waals surface area contributed by atoms with Crippen LogP contribution in [0.15, 0.2) is 24.3 Å². The summed E-state index contributed by atoms with van der Waals surface area (Å²) in [5, 5.41) is 9.29. The molecule has 0 aliphatic carbocycles. The average molecular weight is 299 g/mol. The van der Waals surface area contributed by atoms with E-state index in [0.717, 1.165) is 11.3 Å². The lowest BCUT2D eigenvalue weighted by Gasteiger charge is -2.16. The Morgan fingerprint density at radius 3 is 2.50 bits per heavy atom. The number of rotatable bonds is 5. The van der Waals surface area contributed by atoms with Crippen molar-refractivity contribution in [2.45, 2.75) is 47.1 Å². The number of aryl methyl sites for hydroxylation is 3. The minimum atomic E-state index is -0.351. The summed E-state index contributed by atoms with van der Waals surface area (Å²) >= 11 is 0. The van der Waals surface area contributed by atoms with Gasteiger partial charge in [0.25, 0.3) is 0 Å². The molecule has 2 aromatic rings. The predicted molar refractivity (Wildman–Crippen MR) is 90.4 cm³/mol. The first-order valence-electron chi connectivity index (χ1n) is 7.76. The van der Waals surface area contributed by atoms with Gasteiger partial charge in [0, 0.05) is 23.7 Å². The monoisotopic (exact) mass is 299 g/mol. The van der Waals surface area contributed by atoms with E-state index in [1.54, 1.807) is 6.92 Å². The van der Waals surface area contributed by atoms with Crippen LogP contribution in [0.25, 0.3) is 11.1 Å². The molecular formula is C19H25NO2. The van der Waals surface area contributed by atoms with Crippen molar-refractivity contribution in [3.63, 3.8) is 0 Å². The molecule has 0 aliphatic rings. The largest absolute Gasteiger partial charge is 0.478 e. The number of hydrogen-bond donors (Lipinski definition) is 1. The number of nitrogens with zero attached hydrogens (tertiary/aromatic N) is 1. The summed E-state index contributed by atoms with van der Waals surface area (Å²) < 4.78 is 5.65. The molecule has 0 bridgehead atoms. The average Bonchev–Trinajstić information content (AvgIpc) is 2.42. The van der Waals surface area contributed by atoms with Crippen molar-refractivity contribution in [2.75, 3.05) is 6.61 Å². The van der Waals surface area contributed by atoms with Crippen LogP contribution in [0.3, 0.4) is 0 Å². The van der Waals surface area contributed by atoms with E-state index >= 15 is 0 Å². The van der Waals surface area contributed by atoms with Crippen LogP contribution in [0.4, 0.5) is 0 Å². The number of ether oxygens (including phenoxy) is 1. The standard InChI is InChI=1S/C19H25NO2/c1-12-7-6-8-17(15(12)4)19-13(2)11-18(20-16(19)5)22-10-9-14(3)21/h6-8,11,14,21H,9-10H2,1-5H3/t14-/m0/s1. The van der Waals surface area contributed by atoms with Crippen molar-refractivity contribution in [1.82, 2.24) is 4.98 Å². The van der Waals surface area contributed by atoms with E-state index < -0.39 is 0 Å². The van der Waals surface area contributed by atoms with E-state index in [4.69, 9.17) is 4.74 Å². The number of aliphatic hydroxyl groups excluding tert-OH is 1. The van der Waals surface area contributed by atoms with Gasteiger partial charge in [-0.3, -0.25) is 0 Å². The van der Waals surface area contributed by atoms with Crippen LogP contribution < -0.4 is 4.74 Å². The molecule has 0 amide bonds. The second-order valence-electron chi connectivity index (χ2n) is 5.97. The molecule has 2 rings (SSSR count).